The molecule has 0 aromatic heterocycles. The maximum Gasteiger partial charge on any atom is 0.252 e. The average Bonchev–Trinajstić information content (AvgIpc) is 2.52. The molecule has 0 bridgehead atoms. The second-order valence-corrected chi connectivity index (χ2v) is 7.31. The van der Waals surface area contributed by atoms with Gasteiger partial charge in [-0.1, -0.05) is 23.7 Å². The highest BCUT2D eigenvalue weighted by Gasteiger charge is 2.13. The molecule has 0 saturated carbocycles. The van der Waals surface area contributed by atoms with Crippen LogP contribution in [0, 0.1) is 0 Å². The number of carbonyl (C=O) groups is 1. The van der Waals surface area contributed by atoms with Gasteiger partial charge >= 0.3 is 0 Å². The number of thiol groups is 1. The second-order valence-electron chi connectivity index (χ2n) is 4.62. The first-order valence-corrected chi connectivity index (χ1v) is 9.02. The van der Waals surface area contributed by atoms with E-state index in [4.69, 9.17) is 11.6 Å². The number of sulfonamides is 1. The van der Waals surface area contributed by atoms with E-state index >= 15 is 0 Å². The van der Waals surface area contributed by atoms with Gasteiger partial charge < -0.3 is 5.32 Å². The molecule has 0 aliphatic heterocycles. The predicted octanol–water partition coefficient (Wildman–Crippen LogP) is 2.34. The minimum absolute atomic E-state index is 0.0748. The molecule has 122 valence electrons. The number of carbonyl (C=O) groups excluding carboxylic acids is 1. The summed E-state index contributed by atoms with van der Waals surface area (Å²) >= 11 is 9.93. The van der Waals surface area contributed by atoms with Crippen LogP contribution in [0.5, 0.6) is 0 Å². The van der Waals surface area contributed by atoms with Gasteiger partial charge in [0.05, 0.1) is 10.5 Å². The van der Waals surface area contributed by atoms with Crippen molar-refractivity contribution in [3.05, 3.63) is 59.1 Å². The van der Waals surface area contributed by atoms with E-state index in [1.807, 2.05) is 0 Å². The lowest BCUT2D eigenvalue weighted by molar-refractivity contribution is 0.0951. The van der Waals surface area contributed by atoms with Gasteiger partial charge in [-0.3, -0.25) is 4.79 Å². The first kappa shape index (κ1) is 17.8. The lowest BCUT2D eigenvalue weighted by atomic mass is 10.2. The summed E-state index contributed by atoms with van der Waals surface area (Å²) in [4.78, 5) is 12.6. The lowest BCUT2D eigenvalue weighted by Crippen LogP contribution is -2.34. The summed E-state index contributed by atoms with van der Waals surface area (Å²) in [5.41, 5.74) is 0.441. The smallest absolute Gasteiger partial charge is 0.252 e. The normalized spacial score (nSPS) is 11.2. The molecule has 0 heterocycles. The lowest BCUT2D eigenvalue weighted by Gasteiger charge is -2.09. The van der Waals surface area contributed by atoms with E-state index in [-0.39, 0.29) is 23.9 Å². The summed E-state index contributed by atoms with van der Waals surface area (Å²) in [5, 5.41) is 3.10. The van der Waals surface area contributed by atoms with Gasteiger partial charge in [-0.25, -0.2) is 13.1 Å². The fourth-order valence-corrected chi connectivity index (χ4v) is 3.24. The van der Waals surface area contributed by atoms with Crippen LogP contribution in [-0.2, 0) is 10.0 Å². The van der Waals surface area contributed by atoms with Crippen LogP contribution in [-0.4, -0.2) is 27.4 Å². The molecule has 2 aromatic carbocycles. The molecule has 2 N–H and O–H groups in total. The molecule has 23 heavy (non-hydrogen) atoms. The number of hydrogen-bond donors (Lipinski definition) is 3. The van der Waals surface area contributed by atoms with Crippen LogP contribution in [0.4, 0.5) is 0 Å². The van der Waals surface area contributed by atoms with Gasteiger partial charge in [0.25, 0.3) is 5.91 Å². The predicted molar refractivity (Wildman–Crippen MR) is 92.7 cm³/mol. The van der Waals surface area contributed by atoms with Crippen LogP contribution in [0.3, 0.4) is 0 Å². The fraction of sp³-hybridized carbons (Fsp3) is 0.133. The van der Waals surface area contributed by atoms with E-state index in [1.54, 1.807) is 24.3 Å². The Bertz CT molecular complexity index is 793. The zero-order valence-electron chi connectivity index (χ0n) is 12.0. The molecule has 2 aromatic rings. The Morgan fingerprint density at radius 3 is 2.35 bits per heavy atom. The van der Waals surface area contributed by atoms with Gasteiger partial charge in [0.1, 0.15) is 0 Å². The molecule has 2 rings (SSSR count). The van der Waals surface area contributed by atoms with Crippen LogP contribution in [0.1, 0.15) is 10.4 Å². The number of nitrogens with one attached hydrogen (secondary N) is 2. The van der Waals surface area contributed by atoms with E-state index < -0.39 is 10.0 Å². The molecule has 5 nitrogen and oxygen atoms in total. The third-order valence-corrected chi connectivity index (χ3v) is 5.09. The Morgan fingerprint density at radius 1 is 1.04 bits per heavy atom. The second kappa shape index (κ2) is 7.83. The highest BCUT2D eigenvalue weighted by atomic mass is 35.5. The first-order chi connectivity index (χ1) is 10.9. The van der Waals surface area contributed by atoms with Crippen molar-refractivity contribution >= 4 is 40.2 Å². The zero-order valence-corrected chi connectivity index (χ0v) is 14.5. The standard InChI is InChI=1S/C15H15ClN2O3S2/c16-11-5-7-12(8-6-11)23(20,21)18-10-9-17-15(19)13-3-1-2-4-14(13)22/h1-8,18,22H,9-10H2,(H,17,19). The molecule has 8 heteroatoms. The number of rotatable bonds is 6. The molecule has 0 aliphatic carbocycles. The average molecular weight is 371 g/mol. The molecule has 0 aliphatic rings. The molecule has 0 radical (unpaired) electrons. The van der Waals surface area contributed by atoms with Gasteiger partial charge in [0.15, 0.2) is 0 Å². The van der Waals surface area contributed by atoms with Crippen molar-refractivity contribution in [1.29, 1.82) is 0 Å². The summed E-state index contributed by atoms with van der Waals surface area (Å²) in [6.45, 7) is 0.235. The van der Waals surface area contributed by atoms with E-state index in [0.29, 0.717) is 15.5 Å². The Kier molecular flexibility index (Phi) is 6.06. The van der Waals surface area contributed by atoms with Crippen molar-refractivity contribution in [1.82, 2.24) is 10.0 Å². The molecule has 0 fully saturated rings. The topological polar surface area (TPSA) is 75.3 Å². The largest absolute Gasteiger partial charge is 0.351 e. The maximum atomic E-state index is 12.0. The molecule has 1 amide bonds. The Balaban J connectivity index is 1.86. The van der Waals surface area contributed by atoms with Crippen molar-refractivity contribution in [3.8, 4) is 0 Å². The summed E-state index contributed by atoms with van der Waals surface area (Å²) in [6, 6.07) is 12.7. The summed E-state index contributed by atoms with van der Waals surface area (Å²) in [7, 11) is -3.62. The minimum Gasteiger partial charge on any atom is -0.351 e. The summed E-state index contributed by atoms with van der Waals surface area (Å²) in [6.07, 6.45) is 0. The molecule has 0 spiro atoms. The van der Waals surface area contributed by atoms with Crippen LogP contribution in [0.2, 0.25) is 5.02 Å². The van der Waals surface area contributed by atoms with Gasteiger partial charge in [-0.05, 0) is 36.4 Å². The van der Waals surface area contributed by atoms with Crippen LogP contribution in [0.15, 0.2) is 58.3 Å². The molecular formula is C15H15ClN2O3S2. The third kappa shape index (κ3) is 4.97. The number of amides is 1. The van der Waals surface area contributed by atoms with Crippen molar-refractivity contribution < 1.29 is 13.2 Å². The van der Waals surface area contributed by atoms with E-state index in [2.05, 4.69) is 22.7 Å². The Labute approximate surface area is 145 Å². The van der Waals surface area contributed by atoms with Gasteiger partial charge in [-0.2, -0.15) is 0 Å². The third-order valence-electron chi connectivity index (χ3n) is 2.98. The first-order valence-electron chi connectivity index (χ1n) is 6.71. The molecule has 0 saturated heterocycles. The molecular weight excluding hydrogens is 356 g/mol. The maximum absolute atomic E-state index is 12.0. The van der Waals surface area contributed by atoms with Gasteiger partial charge in [-0.15, -0.1) is 12.6 Å². The molecule has 0 atom stereocenters. The monoisotopic (exact) mass is 370 g/mol. The van der Waals surface area contributed by atoms with Crippen molar-refractivity contribution in [2.24, 2.45) is 0 Å². The Morgan fingerprint density at radius 2 is 1.70 bits per heavy atom. The summed E-state index contributed by atoms with van der Waals surface area (Å²) in [5.74, 6) is -0.304. The van der Waals surface area contributed by atoms with Crippen LogP contribution < -0.4 is 10.0 Å². The highest BCUT2D eigenvalue weighted by molar-refractivity contribution is 7.89. The minimum atomic E-state index is -3.62. The van der Waals surface area contributed by atoms with Crippen molar-refractivity contribution in [2.75, 3.05) is 13.1 Å². The van der Waals surface area contributed by atoms with Crippen LogP contribution >= 0.6 is 24.2 Å². The van der Waals surface area contributed by atoms with Gasteiger partial charge in [0.2, 0.25) is 10.0 Å². The Hall–Kier alpha value is -1.54. The molecule has 0 unspecified atom stereocenters. The highest BCUT2D eigenvalue weighted by Crippen LogP contribution is 2.14. The zero-order chi connectivity index (χ0) is 16.9. The van der Waals surface area contributed by atoms with E-state index in [9.17, 15) is 13.2 Å². The van der Waals surface area contributed by atoms with Crippen molar-refractivity contribution in [3.63, 3.8) is 0 Å². The fourth-order valence-electron chi connectivity index (χ4n) is 1.82. The van der Waals surface area contributed by atoms with E-state index in [0.717, 1.165) is 0 Å². The quantitative estimate of drug-likeness (QED) is 0.539. The number of hydrogen-bond acceptors (Lipinski definition) is 4. The summed E-state index contributed by atoms with van der Waals surface area (Å²) < 4.78 is 26.5. The van der Waals surface area contributed by atoms with Gasteiger partial charge in [0, 0.05) is 23.0 Å². The van der Waals surface area contributed by atoms with E-state index in [1.165, 1.54) is 24.3 Å². The van der Waals surface area contributed by atoms with Crippen LogP contribution in [0.25, 0.3) is 0 Å². The number of halogens is 1. The SMILES string of the molecule is O=C(NCCNS(=O)(=O)c1ccc(Cl)cc1)c1ccccc1S. The van der Waals surface area contributed by atoms with Crippen molar-refractivity contribution in [2.45, 2.75) is 9.79 Å². The number of benzene rings is 2.